The van der Waals surface area contributed by atoms with Gasteiger partial charge in [-0.05, 0) is 43.0 Å². The predicted molar refractivity (Wildman–Crippen MR) is 69.5 cm³/mol. The van der Waals surface area contributed by atoms with E-state index in [-0.39, 0.29) is 18.7 Å². The number of epoxide rings is 1. The molecule has 3 rings (SSSR count). The molecule has 0 bridgehead atoms. The van der Waals surface area contributed by atoms with E-state index < -0.39 is 5.97 Å². The Balaban J connectivity index is 1.52. The number of rotatable bonds is 6. The highest BCUT2D eigenvalue weighted by atomic mass is 16.6. The van der Waals surface area contributed by atoms with E-state index in [4.69, 9.17) is 14.2 Å². The van der Waals surface area contributed by atoms with Crippen LogP contribution in [0.3, 0.4) is 0 Å². The molecule has 0 aromatic heterocycles. The third-order valence-corrected chi connectivity index (χ3v) is 3.31. The number of esters is 2. The quantitative estimate of drug-likeness (QED) is 0.585. The predicted octanol–water partition coefficient (Wildman–Crippen LogP) is 1.81. The molecule has 2 fully saturated rings. The molecule has 0 spiro atoms. The van der Waals surface area contributed by atoms with Crippen molar-refractivity contribution in [2.75, 3.05) is 19.8 Å². The van der Waals surface area contributed by atoms with Crippen LogP contribution in [-0.4, -0.2) is 37.9 Å². The minimum Gasteiger partial charge on any atom is -0.462 e. The number of hydrogen-bond donors (Lipinski definition) is 0. The van der Waals surface area contributed by atoms with Gasteiger partial charge in [-0.3, -0.25) is 0 Å². The Bertz CT molecular complexity index is 453. The average Bonchev–Trinajstić information content (AvgIpc) is 3.37. The van der Waals surface area contributed by atoms with Gasteiger partial charge in [0.05, 0.1) is 24.3 Å². The molecule has 5 nitrogen and oxygen atoms in total. The molecule has 2 aliphatic rings. The maximum atomic E-state index is 11.7. The molecule has 0 amide bonds. The Hall–Kier alpha value is -1.88. The largest absolute Gasteiger partial charge is 0.462 e. The maximum absolute atomic E-state index is 11.7. The second-order valence-electron chi connectivity index (χ2n) is 5.17. The van der Waals surface area contributed by atoms with Crippen LogP contribution in [0.2, 0.25) is 0 Å². The smallest absolute Gasteiger partial charge is 0.338 e. The van der Waals surface area contributed by atoms with E-state index in [0.29, 0.717) is 30.3 Å². The monoisotopic (exact) mass is 276 g/mol. The molecule has 0 radical (unpaired) electrons. The number of carbonyl (C=O) groups excluding carboxylic acids is 2. The van der Waals surface area contributed by atoms with Crippen molar-refractivity contribution in [1.29, 1.82) is 0 Å². The molecule has 20 heavy (non-hydrogen) atoms. The van der Waals surface area contributed by atoms with Gasteiger partial charge >= 0.3 is 11.9 Å². The topological polar surface area (TPSA) is 65.1 Å². The number of ether oxygens (including phenoxy) is 3. The van der Waals surface area contributed by atoms with Crippen molar-refractivity contribution >= 4 is 11.9 Å². The Morgan fingerprint density at radius 1 is 1.00 bits per heavy atom. The summed E-state index contributed by atoms with van der Waals surface area (Å²) >= 11 is 0. The van der Waals surface area contributed by atoms with E-state index in [0.717, 1.165) is 12.8 Å². The van der Waals surface area contributed by atoms with Crippen LogP contribution in [0.5, 0.6) is 0 Å². The summed E-state index contributed by atoms with van der Waals surface area (Å²) in [4.78, 5) is 23.4. The number of carbonyl (C=O) groups is 2. The molecule has 1 heterocycles. The first kappa shape index (κ1) is 13.1. The van der Waals surface area contributed by atoms with Crippen molar-refractivity contribution < 1.29 is 23.8 Å². The van der Waals surface area contributed by atoms with Crippen LogP contribution in [0.4, 0.5) is 0 Å². The van der Waals surface area contributed by atoms with E-state index >= 15 is 0 Å². The fraction of sp³-hybridized carbons (Fsp3) is 0.467. The summed E-state index contributed by atoms with van der Waals surface area (Å²) in [5, 5.41) is 0. The lowest BCUT2D eigenvalue weighted by Gasteiger charge is -2.05. The fourth-order valence-electron chi connectivity index (χ4n) is 1.72. The molecule has 1 aromatic carbocycles. The Labute approximate surface area is 116 Å². The van der Waals surface area contributed by atoms with Gasteiger partial charge in [-0.15, -0.1) is 0 Å². The third kappa shape index (κ3) is 3.57. The second-order valence-corrected chi connectivity index (χ2v) is 5.17. The normalized spacial score (nSPS) is 20.3. The summed E-state index contributed by atoms with van der Waals surface area (Å²) in [7, 11) is 0. The number of hydrogen-bond acceptors (Lipinski definition) is 5. The van der Waals surface area contributed by atoms with Gasteiger partial charge in [0.1, 0.15) is 12.7 Å². The van der Waals surface area contributed by atoms with E-state index in [1.54, 1.807) is 24.3 Å². The summed E-state index contributed by atoms with van der Waals surface area (Å²) in [5.74, 6) is -0.209. The van der Waals surface area contributed by atoms with Crippen molar-refractivity contribution in [3.63, 3.8) is 0 Å². The van der Waals surface area contributed by atoms with Crippen LogP contribution < -0.4 is 0 Å². The molecule has 0 N–H and O–H groups in total. The highest BCUT2D eigenvalue weighted by Crippen LogP contribution is 2.29. The highest BCUT2D eigenvalue weighted by Gasteiger charge is 2.25. The lowest BCUT2D eigenvalue weighted by molar-refractivity contribution is 0.0467. The average molecular weight is 276 g/mol. The maximum Gasteiger partial charge on any atom is 0.338 e. The lowest BCUT2D eigenvalue weighted by Crippen LogP contribution is -2.11. The minimum absolute atomic E-state index is 0.0515. The van der Waals surface area contributed by atoms with Gasteiger partial charge in [-0.2, -0.15) is 0 Å². The molecule has 5 heteroatoms. The second kappa shape index (κ2) is 5.63. The van der Waals surface area contributed by atoms with Gasteiger partial charge < -0.3 is 14.2 Å². The van der Waals surface area contributed by atoms with Gasteiger partial charge in [0.2, 0.25) is 0 Å². The molecule has 1 aliphatic heterocycles. The van der Waals surface area contributed by atoms with Crippen LogP contribution >= 0.6 is 0 Å². The van der Waals surface area contributed by atoms with Gasteiger partial charge in [-0.25, -0.2) is 9.59 Å². The van der Waals surface area contributed by atoms with Crippen molar-refractivity contribution in [3.8, 4) is 0 Å². The summed E-state index contributed by atoms with van der Waals surface area (Å²) in [6, 6.07) is 6.31. The van der Waals surface area contributed by atoms with E-state index in [1.807, 2.05) is 0 Å². The Morgan fingerprint density at radius 2 is 1.50 bits per heavy atom. The summed E-state index contributed by atoms with van der Waals surface area (Å²) < 4.78 is 15.2. The van der Waals surface area contributed by atoms with Crippen LogP contribution in [0, 0.1) is 5.92 Å². The van der Waals surface area contributed by atoms with Crippen molar-refractivity contribution in [3.05, 3.63) is 35.4 Å². The molecule has 1 aliphatic carbocycles. The van der Waals surface area contributed by atoms with Crippen LogP contribution in [-0.2, 0) is 14.2 Å². The minimum atomic E-state index is -0.404. The van der Waals surface area contributed by atoms with Crippen LogP contribution in [0.15, 0.2) is 24.3 Å². The summed E-state index contributed by atoms with van der Waals surface area (Å²) in [6.45, 7) is 1.42. The van der Waals surface area contributed by atoms with Gasteiger partial charge in [0.25, 0.3) is 0 Å². The Kier molecular flexibility index (Phi) is 3.69. The first-order valence-electron chi connectivity index (χ1n) is 6.78. The standard InChI is InChI=1S/C15H16O5/c16-14(19-7-10-1-2-10)11-3-5-12(6-4-11)15(17)20-9-13-8-18-13/h3-6,10,13H,1-2,7-9H2. The zero-order valence-corrected chi connectivity index (χ0v) is 11.0. The van der Waals surface area contributed by atoms with Crippen LogP contribution in [0.25, 0.3) is 0 Å². The van der Waals surface area contributed by atoms with E-state index in [1.165, 1.54) is 0 Å². The molecule has 1 saturated heterocycles. The molecule has 1 unspecified atom stereocenters. The molecular weight excluding hydrogens is 260 g/mol. The lowest BCUT2D eigenvalue weighted by atomic mass is 10.1. The van der Waals surface area contributed by atoms with Gasteiger partial charge in [0, 0.05) is 0 Å². The van der Waals surface area contributed by atoms with E-state index in [9.17, 15) is 9.59 Å². The molecule has 1 aromatic rings. The first-order chi connectivity index (χ1) is 9.72. The SMILES string of the molecule is O=C(OCC1CC1)c1ccc(C(=O)OCC2CO2)cc1. The summed E-state index contributed by atoms with van der Waals surface area (Å²) in [6.07, 6.45) is 2.33. The highest BCUT2D eigenvalue weighted by molar-refractivity contribution is 5.93. The fourth-order valence-corrected chi connectivity index (χ4v) is 1.72. The number of benzene rings is 1. The van der Waals surface area contributed by atoms with Gasteiger partial charge in [0.15, 0.2) is 0 Å². The van der Waals surface area contributed by atoms with Gasteiger partial charge in [-0.1, -0.05) is 0 Å². The van der Waals surface area contributed by atoms with Crippen molar-refractivity contribution in [2.24, 2.45) is 5.92 Å². The van der Waals surface area contributed by atoms with Crippen LogP contribution in [0.1, 0.15) is 33.6 Å². The van der Waals surface area contributed by atoms with E-state index in [2.05, 4.69) is 0 Å². The molecular formula is C15H16O5. The van der Waals surface area contributed by atoms with Crippen molar-refractivity contribution in [1.82, 2.24) is 0 Å². The van der Waals surface area contributed by atoms with Crippen molar-refractivity contribution in [2.45, 2.75) is 18.9 Å². The zero-order chi connectivity index (χ0) is 13.9. The Morgan fingerprint density at radius 3 is 1.95 bits per heavy atom. The zero-order valence-electron chi connectivity index (χ0n) is 11.0. The molecule has 106 valence electrons. The third-order valence-electron chi connectivity index (χ3n) is 3.31. The molecule has 1 atom stereocenters. The summed E-state index contributed by atoms with van der Waals surface area (Å²) in [5.41, 5.74) is 0.872. The molecule has 1 saturated carbocycles. The first-order valence-corrected chi connectivity index (χ1v) is 6.78.